The van der Waals surface area contributed by atoms with Crippen LogP contribution in [0.2, 0.25) is 0 Å². The molecule has 0 fully saturated rings. The van der Waals surface area contributed by atoms with E-state index in [1.165, 1.54) is 0 Å². The van der Waals surface area contributed by atoms with Crippen molar-refractivity contribution < 1.29 is 18.8 Å². The van der Waals surface area contributed by atoms with Gasteiger partial charge in [-0.2, -0.15) is 0 Å². The van der Waals surface area contributed by atoms with Crippen molar-refractivity contribution in [3.8, 4) is 0 Å². The van der Waals surface area contributed by atoms with Gasteiger partial charge in [-0.1, -0.05) is 11.2 Å². The number of nitrogens with zero attached hydrogens (tertiary/aromatic N) is 1. The van der Waals surface area contributed by atoms with E-state index in [1.807, 2.05) is 0 Å². The molecular weight excluding hydrogens is 260 g/mol. The minimum atomic E-state index is -0.367. The molecule has 20 heavy (non-hydrogen) atoms. The van der Waals surface area contributed by atoms with Crippen molar-refractivity contribution in [3.63, 3.8) is 0 Å². The number of carbonyl (C=O) groups is 2. The molecule has 0 saturated heterocycles. The summed E-state index contributed by atoms with van der Waals surface area (Å²) in [5, 5.41) is 6.47. The van der Waals surface area contributed by atoms with Gasteiger partial charge < -0.3 is 14.6 Å². The number of fused-ring (bicyclic) bond motifs is 1. The van der Waals surface area contributed by atoms with Crippen molar-refractivity contribution in [2.45, 2.75) is 20.5 Å². The average Bonchev–Trinajstić information content (AvgIpc) is 2.94. The number of aromatic nitrogens is 1. The first-order valence-electron chi connectivity index (χ1n) is 6.10. The molecule has 6 heteroatoms. The number of esters is 1. The van der Waals surface area contributed by atoms with Crippen LogP contribution in [0.25, 0.3) is 0 Å². The second-order valence-corrected chi connectivity index (χ2v) is 4.60. The van der Waals surface area contributed by atoms with E-state index >= 15 is 0 Å². The molecule has 1 aliphatic heterocycles. The molecule has 0 bridgehead atoms. The maximum absolute atomic E-state index is 12.2. The Balaban J connectivity index is 1.87. The molecule has 1 amide bonds. The van der Waals surface area contributed by atoms with Gasteiger partial charge in [0.05, 0.1) is 11.3 Å². The predicted molar refractivity (Wildman–Crippen MR) is 69.5 cm³/mol. The van der Waals surface area contributed by atoms with E-state index in [1.54, 1.807) is 32.0 Å². The first-order valence-corrected chi connectivity index (χ1v) is 6.10. The van der Waals surface area contributed by atoms with Crippen molar-refractivity contribution in [3.05, 3.63) is 46.3 Å². The van der Waals surface area contributed by atoms with Crippen molar-refractivity contribution in [1.29, 1.82) is 0 Å². The summed E-state index contributed by atoms with van der Waals surface area (Å²) in [5.74, 6) is -0.221. The topological polar surface area (TPSA) is 81.4 Å². The molecule has 0 aliphatic carbocycles. The zero-order chi connectivity index (χ0) is 14.3. The number of ether oxygens (including phenoxy) is 1. The molecule has 3 rings (SSSR count). The van der Waals surface area contributed by atoms with Crippen LogP contribution in [-0.2, 0) is 11.3 Å². The van der Waals surface area contributed by atoms with E-state index < -0.39 is 0 Å². The highest BCUT2D eigenvalue weighted by molar-refractivity contribution is 6.06. The summed E-state index contributed by atoms with van der Waals surface area (Å²) in [6.45, 7) is 3.66. The Morgan fingerprint density at radius 3 is 2.85 bits per heavy atom. The highest BCUT2D eigenvalue weighted by atomic mass is 16.5. The third kappa shape index (κ3) is 1.95. The number of anilines is 1. The quantitative estimate of drug-likeness (QED) is 0.848. The molecule has 2 heterocycles. The van der Waals surface area contributed by atoms with Crippen LogP contribution in [0.15, 0.2) is 22.7 Å². The van der Waals surface area contributed by atoms with Crippen molar-refractivity contribution in [2.24, 2.45) is 0 Å². The van der Waals surface area contributed by atoms with Gasteiger partial charge in [-0.05, 0) is 26.0 Å². The molecule has 1 aromatic carbocycles. The van der Waals surface area contributed by atoms with Gasteiger partial charge in [0, 0.05) is 11.3 Å². The van der Waals surface area contributed by atoms with Crippen LogP contribution < -0.4 is 5.32 Å². The molecular formula is C14H12N2O4. The highest BCUT2D eigenvalue weighted by Gasteiger charge is 2.22. The maximum Gasteiger partial charge on any atom is 0.338 e. The zero-order valence-electron chi connectivity index (χ0n) is 11.0. The van der Waals surface area contributed by atoms with Gasteiger partial charge in [-0.25, -0.2) is 4.79 Å². The molecule has 0 spiro atoms. The Kier molecular flexibility index (Phi) is 2.78. The second-order valence-electron chi connectivity index (χ2n) is 4.60. The Bertz CT molecular complexity index is 698. The molecule has 0 radical (unpaired) electrons. The monoisotopic (exact) mass is 272 g/mol. The van der Waals surface area contributed by atoms with Crippen LogP contribution in [0.4, 0.5) is 5.69 Å². The Morgan fingerprint density at radius 1 is 1.35 bits per heavy atom. The molecule has 1 aromatic heterocycles. The van der Waals surface area contributed by atoms with Gasteiger partial charge in [-0.15, -0.1) is 0 Å². The average molecular weight is 272 g/mol. The van der Waals surface area contributed by atoms with Gasteiger partial charge in [0.2, 0.25) is 0 Å². The maximum atomic E-state index is 12.2. The highest BCUT2D eigenvalue weighted by Crippen LogP contribution is 2.24. The fourth-order valence-corrected chi connectivity index (χ4v) is 2.19. The lowest BCUT2D eigenvalue weighted by Crippen LogP contribution is -2.14. The summed E-state index contributed by atoms with van der Waals surface area (Å²) in [6.07, 6.45) is 0. The number of hydrogen-bond donors (Lipinski definition) is 1. The van der Waals surface area contributed by atoms with Crippen molar-refractivity contribution in [1.82, 2.24) is 5.16 Å². The number of benzene rings is 1. The number of nitrogens with one attached hydrogen (secondary N) is 1. The first kappa shape index (κ1) is 12.4. The molecule has 0 atom stereocenters. The minimum absolute atomic E-state index is 0.284. The van der Waals surface area contributed by atoms with Crippen LogP contribution >= 0.6 is 0 Å². The lowest BCUT2D eigenvalue weighted by Gasteiger charge is -2.05. The summed E-state index contributed by atoms with van der Waals surface area (Å²) in [6, 6.07) is 5.11. The van der Waals surface area contributed by atoms with E-state index in [2.05, 4.69) is 10.5 Å². The number of hydrogen-bond acceptors (Lipinski definition) is 5. The number of rotatable bonds is 2. The summed E-state index contributed by atoms with van der Waals surface area (Å²) in [7, 11) is 0. The van der Waals surface area contributed by atoms with E-state index in [0.29, 0.717) is 28.3 Å². The fourth-order valence-electron chi connectivity index (χ4n) is 2.19. The minimum Gasteiger partial charge on any atom is -0.457 e. The third-order valence-electron chi connectivity index (χ3n) is 3.21. The number of cyclic esters (lactones) is 1. The standard InChI is InChI=1S/C14H12N2O4/c1-7-12(8(2)20-16-7)13(17)15-10-4-3-9-6-19-14(18)11(9)5-10/h3-5H,6H2,1-2H3,(H,15,17). The third-order valence-corrected chi connectivity index (χ3v) is 3.21. The molecule has 1 aliphatic rings. The van der Waals surface area contributed by atoms with Crippen molar-refractivity contribution >= 4 is 17.6 Å². The lowest BCUT2D eigenvalue weighted by atomic mass is 10.1. The normalized spacial score (nSPS) is 13.0. The van der Waals surface area contributed by atoms with E-state index in [0.717, 1.165) is 5.56 Å². The smallest absolute Gasteiger partial charge is 0.338 e. The summed E-state index contributed by atoms with van der Waals surface area (Å²) in [5.41, 5.74) is 2.79. The number of aryl methyl sites for hydroxylation is 2. The number of carbonyl (C=O) groups excluding carboxylic acids is 2. The van der Waals surface area contributed by atoms with Crippen LogP contribution in [-0.4, -0.2) is 17.0 Å². The van der Waals surface area contributed by atoms with E-state index in [-0.39, 0.29) is 18.5 Å². The molecule has 0 unspecified atom stereocenters. The van der Waals surface area contributed by atoms with Crippen LogP contribution in [0, 0.1) is 13.8 Å². The van der Waals surface area contributed by atoms with Gasteiger partial charge in [0.25, 0.3) is 5.91 Å². The van der Waals surface area contributed by atoms with Gasteiger partial charge in [0.1, 0.15) is 17.9 Å². The lowest BCUT2D eigenvalue weighted by molar-refractivity contribution is 0.0535. The Morgan fingerprint density at radius 2 is 2.15 bits per heavy atom. The first-order chi connectivity index (χ1) is 9.56. The SMILES string of the molecule is Cc1noc(C)c1C(=O)Nc1ccc2c(c1)C(=O)OC2. The molecule has 102 valence electrons. The van der Waals surface area contributed by atoms with Crippen LogP contribution in [0.3, 0.4) is 0 Å². The Labute approximate surface area is 114 Å². The van der Waals surface area contributed by atoms with Crippen LogP contribution in [0.1, 0.15) is 37.7 Å². The summed E-state index contributed by atoms with van der Waals surface area (Å²) >= 11 is 0. The largest absolute Gasteiger partial charge is 0.457 e. The fraction of sp³-hybridized carbons (Fsp3) is 0.214. The van der Waals surface area contributed by atoms with Gasteiger partial charge in [-0.3, -0.25) is 4.79 Å². The number of amides is 1. The molecule has 2 aromatic rings. The zero-order valence-corrected chi connectivity index (χ0v) is 11.0. The Hall–Kier alpha value is -2.63. The second kappa shape index (κ2) is 4.48. The van der Waals surface area contributed by atoms with Crippen LogP contribution in [0.5, 0.6) is 0 Å². The predicted octanol–water partition coefficient (Wildman–Crippen LogP) is 2.21. The molecule has 1 N–H and O–H groups in total. The molecule has 0 saturated carbocycles. The van der Waals surface area contributed by atoms with Gasteiger partial charge >= 0.3 is 5.97 Å². The van der Waals surface area contributed by atoms with Gasteiger partial charge in [0.15, 0.2) is 0 Å². The van der Waals surface area contributed by atoms with E-state index in [4.69, 9.17) is 9.26 Å². The van der Waals surface area contributed by atoms with E-state index in [9.17, 15) is 9.59 Å². The molecule has 6 nitrogen and oxygen atoms in total. The summed E-state index contributed by atoms with van der Waals surface area (Å²) < 4.78 is 9.88. The van der Waals surface area contributed by atoms with Crippen molar-refractivity contribution in [2.75, 3.05) is 5.32 Å². The summed E-state index contributed by atoms with van der Waals surface area (Å²) in [4.78, 5) is 23.7.